The summed E-state index contributed by atoms with van der Waals surface area (Å²) in [6.07, 6.45) is 2.00. The van der Waals surface area contributed by atoms with Gasteiger partial charge in [0.05, 0.1) is 30.5 Å². The van der Waals surface area contributed by atoms with Crippen molar-refractivity contribution in [3.05, 3.63) is 100 Å². The topological polar surface area (TPSA) is 53.1 Å². The molecule has 7 heteroatoms. The van der Waals surface area contributed by atoms with E-state index in [9.17, 15) is 9.59 Å². The molecule has 0 aliphatic carbocycles. The van der Waals surface area contributed by atoms with E-state index in [4.69, 9.17) is 16.3 Å². The number of rotatable bonds is 7. The Morgan fingerprint density at radius 2 is 1.61 bits per heavy atom. The SMILES string of the molecule is COc1ccc(CN2C(=O)c3cccc(N4CCN(C/C(Cl)=C/c5ccccc5)CC4)c3C2=O)cc1. The molecule has 1 fully saturated rings. The highest BCUT2D eigenvalue weighted by Gasteiger charge is 2.38. The van der Waals surface area contributed by atoms with Crippen LogP contribution in [0.3, 0.4) is 0 Å². The van der Waals surface area contributed by atoms with E-state index in [1.165, 1.54) is 4.90 Å². The lowest BCUT2D eigenvalue weighted by Gasteiger charge is -2.36. The fourth-order valence-electron chi connectivity index (χ4n) is 4.77. The van der Waals surface area contributed by atoms with Crippen LogP contribution in [0.2, 0.25) is 0 Å². The van der Waals surface area contributed by atoms with Crippen LogP contribution >= 0.6 is 11.6 Å². The van der Waals surface area contributed by atoms with Gasteiger partial charge >= 0.3 is 0 Å². The van der Waals surface area contributed by atoms with Gasteiger partial charge in [0.25, 0.3) is 11.8 Å². The van der Waals surface area contributed by atoms with Crippen molar-refractivity contribution in [3.63, 3.8) is 0 Å². The first-order chi connectivity index (χ1) is 17.5. The van der Waals surface area contributed by atoms with Crippen molar-refractivity contribution in [2.45, 2.75) is 6.54 Å². The Balaban J connectivity index is 1.26. The van der Waals surface area contributed by atoms with Crippen LogP contribution in [0.15, 0.2) is 77.8 Å². The number of carbonyl (C=O) groups is 2. The van der Waals surface area contributed by atoms with Crippen LogP contribution in [0.4, 0.5) is 5.69 Å². The molecule has 0 spiro atoms. The van der Waals surface area contributed by atoms with Gasteiger partial charge in [0, 0.05) is 37.8 Å². The van der Waals surface area contributed by atoms with Crippen LogP contribution in [0.1, 0.15) is 31.8 Å². The van der Waals surface area contributed by atoms with E-state index >= 15 is 0 Å². The van der Waals surface area contributed by atoms with E-state index in [1.807, 2.05) is 72.8 Å². The summed E-state index contributed by atoms with van der Waals surface area (Å²) >= 11 is 6.52. The molecule has 0 atom stereocenters. The predicted octanol–water partition coefficient (Wildman–Crippen LogP) is 4.89. The van der Waals surface area contributed by atoms with Crippen LogP contribution in [-0.2, 0) is 6.54 Å². The van der Waals surface area contributed by atoms with Gasteiger partial charge in [0.15, 0.2) is 0 Å². The van der Waals surface area contributed by atoms with Gasteiger partial charge in [-0.05, 0) is 41.5 Å². The molecule has 0 aromatic heterocycles. The molecule has 3 aromatic rings. The van der Waals surface area contributed by atoms with Gasteiger partial charge < -0.3 is 9.64 Å². The molecule has 1 saturated heterocycles. The molecular formula is C29H28ClN3O3. The molecule has 0 N–H and O–H groups in total. The van der Waals surface area contributed by atoms with Crippen molar-refractivity contribution in [3.8, 4) is 5.75 Å². The third kappa shape index (κ3) is 5.01. The van der Waals surface area contributed by atoms with Crippen molar-refractivity contribution >= 4 is 35.2 Å². The average Bonchev–Trinajstić information content (AvgIpc) is 3.15. The lowest BCUT2D eigenvalue weighted by atomic mass is 10.1. The summed E-state index contributed by atoms with van der Waals surface area (Å²) in [6.45, 7) is 4.07. The van der Waals surface area contributed by atoms with Crippen LogP contribution in [0.5, 0.6) is 5.75 Å². The zero-order valence-corrected chi connectivity index (χ0v) is 20.9. The molecule has 5 rings (SSSR count). The second-order valence-electron chi connectivity index (χ2n) is 9.01. The highest BCUT2D eigenvalue weighted by atomic mass is 35.5. The molecule has 6 nitrogen and oxygen atoms in total. The number of halogens is 1. The maximum absolute atomic E-state index is 13.4. The largest absolute Gasteiger partial charge is 0.497 e. The van der Waals surface area contributed by atoms with E-state index in [0.29, 0.717) is 17.7 Å². The molecular weight excluding hydrogens is 474 g/mol. The molecule has 2 heterocycles. The highest BCUT2D eigenvalue weighted by Crippen LogP contribution is 2.33. The number of methoxy groups -OCH3 is 1. The molecule has 3 aromatic carbocycles. The number of carbonyl (C=O) groups excluding carboxylic acids is 2. The monoisotopic (exact) mass is 501 g/mol. The smallest absolute Gasteiger partial charge is 0.263 e. The maximum Gasteiger partial charge on any atom is 0.263 e. The Kier molecular flexibility index (Phi) is 7.07. The van der Waals surface area contributed by atoms with Gasteiger partial charge in [-0.25, -0.2) is 0 Å². The van der Waals surface area contributed by atoms with Crippen LogP contribution in [0.25, 0.3) is 6.08 Å². The van der Waals surface area contributed by atoms with Gasteiger partial charge in [-0.2, -0.15) is 0 Å². The van der Waals surface area contributed by atoms with E-state index in [-0.39, 0.29) is 18.4 Å². The fourth-order valence-corrected chi connectivity index (χ4v) is 5.07. The second-order valence-corrected chi connectivity index (χ2v) is 9.49. The van der Waals surface area contributed by atoms with Crippen LogP contribution in [0, 0.1) is 0 Å². The minimum absolute atomic E-state index is 0.232. The fraction of sp³-hybridized carbons (Fsp3) is 0.241. The van der Waals surface area contributed by atoms with E-state index in [2.05, 4.69) is 9.80 Å². The summed E-state index contributed by atoms with van der Waals surface area (Å²) in [7, 11) is 1.61. The number of benzene rings is 3. The number of hydrogen-bond acceptors (Lipinski definition) is 5. The minimum atomic E-state index is -0.246. The Bertz CT molecular complexity index is 1280. The molecule has 0 saturated carbocycles. The summed E-state index contributed by atoms with van der Waals surface area (Å²) in [4.78, 5) is 32.4. The lowest BCUT2D eigenvalue weighted by molar-refractivity contribution is 0.0642. The summed E-state index contributed by atoms with van der Waals surface area (Å²) < 4.78 is 5.20. The van der Waals surface area contributed by atoms with Crippen LogP contribution in [-0.4, -0.2) is 61.4 Å². The molecule has 2 aliphatic heterocycles. The van der Waals surface area contributed by atoms with Gasteiger partial charge in [0.1, 0.15) is 5.75 Å². The standard InChI is InChI=1S/C29H28ClN3O3/c1-36-24-12-10-22(11-13-24)19-33-28(34)25-8-5-9-26(27(25)29(33)35)32-16-14-31(15-17-32)20-23(30)18-21-6-3-2-4-7-21/h2-13,18H,14-17,19-20H2,1H3/b23-18-. The van der Waals surface area contributed by atoms with Crippen molar-refractivity contribution < 1.29 is 14.3 Å². The quantitative estimate of drug-likeness (QED) is 0.431. The van der Waals surface area contributed by atoms with Crippen molar-refractivity contribution in [1.29, 1.82) is 0 Å². The maximum atomic E-state index is 13.4. The number of nitrogens with zero attached hydrogens (tertiary/aromatic N) is 3. The lowest BCUT2D eigenvalue weighted by Crippen LogP contribution is -2.47. The first-order valence-corrected chi connectivity index (χ1v) is 12.4. The number of amides is 2. The van der Waals surface area contributed by atoms with Gasteiger partial charge in [-0.15, -0.1) is 0 Å². The number of imide groups is 1. The number of ether oxygens (including phenoxy) is 1. The normalized spacial score (nSPS) is 16.4. The van der Waals surface area contributed by atoms with E-state index in [0.717, 1.165) is 53.8 Å². The van der Waals surface area contributed by atoms with Crippen LogP contribution < -0.4 is 9.64 Å². The Labute approximate surface area is 216 Å². The van der Waals surface area contributed by atoms with E-state index < -0.39 is 0 Å². The zero-order chi connectivity index (χ0) is 25.1. The first-order valence-electron chi connectivity index (χ1n) is 12.0. The molecule has 2 amide bonds. The number of hydrogen-bond donors (Lipinski definition) is 0. The van der Waals surface area contributed by atoms with Crippen molar-refractivity contribution in [1.82, 2.24) is 9.80 Å². The molecule has 0 radical (unpaired) electrons. The number of fused-ring (bicyclic) bond motifs is 1. The molecule has 184 valence electrons. The minimum Gasteiger partial charge on any atom is -0.497 e. The number of piperazine rings is 1. The first kappa shape index (κ1) is 24.1. The predicted molar refractivity (Wildman–Crippen MR) is 143 cm³/mol. The third-order valence-corrected chi connectivity index (χ3v) is 6.92. The summed E-state index contributed by atoms with van der Waals surface area (Å²) in [6, 6.07) is 23.0. The summed E-state index contributed by atoms with van der Waals surface area (Å²) in [5.74, 6) is 0.251. The van der Waals surface area contributed by atoms with Gasteiger partial charge in [0.2, 0.25) is 0 Å². The highest BCUT2D eigenvalue weighted by molar-refractivity contribution is 6.31. The second kappa shape index (κ2) is 10.6. The van der Waals surface area contributed by atoms with Gasteiger partial charge in [-0.1, -0.05) is 60.1 Å². The Hall–Kier alpha value is -3.61. The summed E-state index contributed by atoms with van der Waals surface area (Å²) in [5, 5.41) is 0.796. The zero-order valence-electron chi connectivity index (χ0n) is 20.2. The summed E-state index contributed by atoms with van der Waals surface area (Å²) in [5.41, 5.74) is 3.77. The van der Waals surface area contributed by atoms with Crippen molar-refractivity contribution in [2.24, 2.45) is 0 Å². The molecule has 36 heavy (non-hydrogen) atoms. The Morgan fingerprint density at radius 1 is 0.889 bits per heavy atom. The van der Waals surface area contributed by atoms with E-state index in [1.54, 1.807) is 13.2 Å². The molecule has 2 aliphatic rings. The molecule has 0 bridgehead atoms. The molecule has 0 unspecified atom stereocenters. The average molecular weight is 502 g/mol. The van der Waals surface area contributed by atoms with Gasteiger partial charge in [-0.3, -0.25) is 19.4 Å². The van der Waals surface area contributed by atoms with Crippen molar-refractivity contribution in [2.75, 3.05) is 44.7 Å². The Morgan fingerprint density at radius 3 is 2.31 bits per heavy atom. The third-order valence-electron chi connectivity index (χ3n) is 6.69. The number of anilines is 1.